The quantitative estimate of drug-likeness (QED) is 0.841. The Morgan fingerprint density at radius 3 is 2.86 bits per heavy atom. The van der Waals surface area contributed by atoms with E-state index in [1.165, 1.54) is 10.9 Å². The monoisotopic (exact) mass is 300 g/mol. The summed E-state index contributed by atoms with van der Waals surface area (Å²) >= 11 is 0. The molecule has 3 heterocycles. The third-order valence-corrected chi connectivity index (χ3v) is 4.13. The predicted octanol–water partition coefficient (Wildman–Crippen LogP) is 1.36. The summed E-state index contributed by atoms with van der Waals surface area (Å²) in [6, 6.07) is 3.96. The van der Waals surface area contributed by atoms with Crippen LogP contribution in [0.3, 0.4) is 0 Å². The molecular weight excluding hydrogens is 280 g/mol. The molecule has 2 aromatic rings. The predicted molar refractivity (Wildman–Crippen MR) is 82.7 cm³/mol. The summed E-state index contributed by atoms with van der Waals surface area (Å²) in [4.78, 5) is 30.9. The van der Waals surface area contributed by atoms with Gasteiger partial charge in [-0.05, 0) is 32.4 Å². The lowest BCUT2D eigenvalue weighted by Gasteiger charge is -2.28. The van der Waals surface area contributed by atoms with Gasteiger partial charge in [0.25, 0.3) is 11.5 Å². The number of carbonyl (C=O) groups excluding carboxylic acids is 1. The highest BCUT2D eigenvalue weighted by molar-refractivity contribution is 5.93. The number of carbonyl (C=O) groups is 1. The number of hydrogen-bond donors (Lipinski definition) is 0. The SMILES string of the molecule is CC(C)n1cccc1C(=O)N1CCc2c(ncn(C)c2=O)C1. The molecule has 0 fully saturated rings. The van der Waals surface area contributed by atoms with Crippen LogP contribution in [0.15, 0.2) is 29.5 Å². The van der Waals surface area contributed by atoms with Crippen LogP contribution in [0.5, 0.6) is 0 Å². The number of nitrogens with zero attached hydrogens (tertiary/aromatic N) is 4. The van der Waals surface area contributed by atoms with Gasteiger partial charge in [0.2, 0.25) is 0 Å². The van der Waals surface area contributed by atoms with Crippen molar-refractivity contribution in [1.29, 1.82) is 0 Å². The van der Waals surface area contributed by atoms with Crippen molar-refractivity contribution in [1.82, 2.24) is 19.0 Å². The molecule has 0 saturated heterocycles. The van der Waals surface area contributed by atoms with E-state index in [1.807, 2.05) is 36.7 Å². The smallest absolute Gasteiger partial charge is 0.270 e. The molecule has 2 aromatic heterocycles. The largest absolute Gasteiger partial charge is 0.341 e. The van der Waals surface area contributed by atoms with Crippen molar-refractivity contribution in [2.75, 3.05) is 6.54 Å². The van der Waals surface area contributed by atoms with Crippen molar-refractivity contribution in [3.05, 3.63) is 52.0 Å². The minimum Gasteiger partial charge on any atom is -0.341 e. The molecule has 1 aliphatic heterocycles. The van der Waals surface area contributed by atoms with Crippen LogP contribution >= 0.6 is 0 Å². The van der Waals surface area contributed by atoms with Crippen LogP contribution in [-0.4, -0.2) is 31.5 Å². The van der Waals surface area contributed by atoms with E-state index >= 15 is 0 Å². The van der Waals surface area contributed by atoms with Crippen molar-refractivity contribution in [2.45, 2.75) is 32.9 Å². The van der Waals surface area contributed by atoms with Gasteiger partial charge < -0.3 is 14.0 Å². The first-order chi connectivity index (χ1) is 10.5. The first-order valence-electron chi connectivity index (χ1n) is 7.48. The van der Waals surface area contributed by atoms with Gasteiger partial charge in [0, 0.05) is 31.4 Å². The third kappa shape index (κ3) is 2.34. The maximum atomic E-state index is 12.7. The molecule has 116 valence electrons. The van der Waals surface area contributed by atoms with Crippen LogP contribution in [0, 0.1) is 0 Å². The van der Waals surface area contributed by atoms with Crippen LogP contribution in [0.25, 0.3) is 0 Å². The van der Waals surface area contributed by atoms with E-state index < -0.39 is 0 Å². The van der Waals surface area contributed by atoms with Crippen molar-refractivity contribution >= 4 is 5.91 Å². The van der Waals surface area contributed by atoms with E-state index in [0.717, 1.165) is 5.56 Å². The Labute approximate surface area is 129 Å². The molecule has 0 aliphatic carbocycles. The number of fused-ring (bicyclic) bond motifs is 1. The first kappa shape index (κ1) is 14.6. The van der Waals surface area contributed by atoms with Gasteiger partial charge in [-0.25, -0.2) is 4.98 Å². The molecule has 0 saturated carbocycles. The Morgan fingerprint density at radius 2 is 2.14 bits per heavy atom. The third-order valence-electron chi connectivity index (χ3n) is 4.13. The van der Waals surface area contributed by atoms with Crippen LogP contribution in [0.4, 0.5) is 0 Å². The van der Waals surface area contributed by atoms with Crippen LogP contribution in [-0.2, 0) is 20.0 Å². The minimum absolute atomic E-state index is 0.00757. The van der Waals surface area contributed by atoms with Gasteiger partial charge in [0.05, 0.1) is 18.6 Å². The molecule has 0 N–H and O–H groups in total. The molecule has 1 amide bonds. The second-order valence-electron chi connectivity index (χ2n) is 5.96. The van der Waals surface area contributed by atoms with Gasteiger partial charge >= 0.3 is 0 Å². The summed E-state index contributed by atoms with van der Waals surface area (Å²) in [5.41, 5.74) is 2.11. The van der Waals surface area contributed by atoms with E-state index in [4.69, 9.17) is 0 Å². The normalized spacial score (nSPS) is 14.3. The van der Waals surface area contributed by atoms with Crippen molar-refractivity contribution in [2.24, 2.45) is 7.05 Å². The Hall–Kier alpha value is -2.37. The van der Waals surface area contributed by atoms with Gasteiger partial charge in [-0.15, -0.1) is 0 Å². The molecule has 6 nitrogen and oxygen atoms in total. The number of aromatic nitrogens is 3. The fraction of sp³-hybridized carbons (Fsp3) is 0.438. The second-order valence-corrected chi connectivity index (χ2v) is 5.96. The Balaban J connectivity index is 1.89. The van der Waals surface area contributed by atoms with E-state index in [9.17, 15) is 9.59 Å². The average molecular weight is 300 g/mol. The highest BCUT2D eigenvalue weighted by atomic mass is 16.2. The highest BCUT2D eigenvalue weighted by Crippen LogP contribution is 2.18. The Kier molecular flexibility index (Phi) is 3.60. The summed E-state index contributed by atoms with van der Waals surface area (Å²) in [6.07, 6.45) is 4.00. The first-order valence-corrected chi connectivity index (χ1v) is 7.48. The zero-order chi connectivity index (χ0) is 15.9. The topological polar surface area (TPSA) is 60.1 Å². The lowest BCUT2D eigenvalue weighted by molar-refractivity contribution is 0.0718. The summed E-state index contributed by atoms with van der Waals surface area (Å²) in [5.74, 6) is -0.00757. The van der Waals surface area contributed by atoms with Crippen LogP contribution < -0.4 is 5.56 Å². The zero-order valence-electron chi connectivity index (χ0n) is 13.1. The van der Waals surface area contributed by atoms with Gasteiger partial charge in [-0.1, -0.05) is 0 Å². The zero-order valence-corrected chi connectivity index (χ0v) is 13.1. The van der Waals surface area contributed by atoms with Crippen LogP contribution in [0.1, 0.15) is 41.6 Å². The molecule has 0 unspecified atom stereocenters. The Bertz CT molecular complexity index is 773. The van der Waals surface area contributed by atoms with Gasteiger partial charge in [0.15, 0.2) is 0 Å². The van der Waals surface area contributed by atoms with Crippen molar-refractivity contribution in [3.63, 3.8) is 0 Å². The summed E-state index contributed by atoms with van der Waals surface area (Å²) in [7, 11) is 1.70. The summed E-state index contributed by atoms with van der Waals surface area (Å²) in [6.45, 7) is 5.05. The van der Waals surface area contributed by atoms with Crippen molar-refractivity contribution < 1.29 is 4.79 Å². The molecular formula is C16H20N4O2. The molecule has 22 heavy (non-hydrogen) atoms. The minimum atomic E-state index is -0.0114. The number of aryl methyl sites for hydroxylation is 1. The lowest BCUT2D eigenvalue weighted by Crippen LogP contribution is -2.40. The molecule has 6 heteroatoms. The molecule has 0 radical (unpaired) electrons. The maximum absolute atomic E-state index is 12.7. The standard InChI is InChI=1S/C16H20N4O2/c1-11(2)20-7-4-5-14(20)16(22)19-8-6-12-13(9-19)17-10-18(3)15(12)21/h4-5,7,10-11H,6,8-9H2,1-3H3. The number of amides is 1. The fourth-order valence-corrected chi connectivity index (χ4v) is 2.88. The molecule has 0 aromatic carbocycles. The van der Waals surface area contributed by atoms with Crippen LogP contribution in [0.2, 0.25) is 0 Å². The molecule has 1 aliphatic rings. The van der Waals surface area contributed by atoms with E-state index in [1.54, 1.807) is 11.9 Å². The maximum Gasteiger partial charge on any atom is 0.270 e. The van der Waals surface area contributed by atoms with E-state index in [2.05, 4.69) is 4.98 Å². The second kappa shape index (κ2) is 5.44. The number of hydrogen-bond acceptors (Lipinski definition) is 3. The summed E-state index contributed by atoms with van der Waals surface area (Å²) < 4.78 is 3.45. The molecule has 0 bridgehead atoms. The molecule has 0 spiro atoms. The van der Waals surface area contributed by atoms with Gasteiger partial charge in [-0.2, -0.15) is 0 Å². The fourth-order valence-electron chi connectivity index (χ4n) is 2.88. The van der Waals surface area contributed by atoms with Gasteiger partial charge in [0.1, 0.15) is 5.69 Å². The van der Waals surface area contributed by atoms with Crippen molar-refractivity contribution in [3.8, 4) is 0 Å². The van der Waals surface area contributed by atoms with E-state index in [-0.39, 0.29) is 17.5 Å². The highest BCUT2D eigenvalue weighted by Gasteiger charge is 2.26. The Morgan fingerprint density at radius 1 is 1.36 bits per heavy atom. The number of rotatable bonds is 2. The van der Waals surface area contributed by atoms with Gasteiger partial charge in [-0.3, -0.25) is 9.59 Å². The summed E-state index contributed by atoms with van der Waals surface area (Å²) in [5, 5.41) is 0. The van der Waals surface area contributed by atoms with E-state index in [0.29, 0.717) is 30.9 Å². The lowest BCUT2D eigenvalue weighted by atomic mass is 10.1. The average Bonchev–Trinajstić information content (AvgIpc) is 2.99. The molecule has 0 atom stereocenters. The molecule has 3 rings (SSSR count).